The summed E-state index contributed by atoms with van der Waals surface area (Å²) in [5, 5.41) is 0. The van der Waals surface area contributed by atoms with Gasteiger partial charge in [0.2, 0.25) is 0 Å². The Kier molecular flexibility index (Phi) is 5.01. The van der Waals surface area contributed by atoms with Crippen LogP contribution in [0, 0.1) is 0 Å². The Morgan fingerprint density at radius 3 is 2.73 bits per heavy atom. The predicted octanol–water partition coefficient (Wildman–Crippen LogP) is 2.28. The predicted molar refractivity (Wildman–Crippen MR) is 57.0 cm³/mol. The summed E-state index contributed by atoms with van der Waals surface area (Å²) in [6.45, 7) is 2.59. The van der Waals surface area contributed by atoms with Crippen LogP contribution in [0.4, 0.5) is 0 Å². The lowest BCUT2D eigenvalue weighted by Crippen LogP contribution is -1.99. The van der Waals surface area contributed by atoms with Crippen LogP contribution in [-0.2, 0) is 20.9 Å². The Balaban J connectivity index is 2.24. The van der Waals surface area contributed by atoms with Crippen LogP contribution >= 0.6 is 0 Å². The fourth-order valence-corrected chi connectivity index (χ4v) is 1.01. The van der Waals surface area contributed by atoms with Crippen LogP contribution in [0.25, 0.3) is 0 Å². The van der Waals surface area contributed by atoms with E-state index in [0.717, 1.165) is 5.56 Å². The van der Waals surface area contributed by atoms with Gasteiger partial charge >= 0.3 is 5.97 Å². The van der Waals surface area contributed by atoms with Crippen LogP contribution in [0.3, 0.4) is 0 Å². The molecule has 0 aromatic heterocycles. The summed E-state index contributed by atoms with van der Waals surface area (Å²) in [6.07, 6.45) is 2.62. The molecule has 0 saturated heterocycles. The van der Waals surface area contributed by atoms with Crippen molar-refractivity contribution in [2.75, 3.05) is 6.61 Å². The molecule has 3 nitrogen and oxygen atoms in total. The van der Waals surface area contributed by atoms with E-state index in [1.54, 1.807) is 6.92 Å². The average Bonchev–Trinajstić information content (AvgIpc) is 2.26. The van der Waals surface area contributed by atoms with E-state index in [-0.39, 0.29) is 5.97 Å². The van der Waals surface area contributed by atoms with Gasteiger partial charge in [0.1, 0.15) is 6.61 Å². The van der Waals surface area contributed by atoms with E-state index in [0.29, 0.717) is 13.2 Å². The number of ether oxygens (including phenoxy) is 2. The standard InChI is InChI=1S/C12H14O3/c1-2-15-12(13)8-9-14-10-11-6-4-3-5-7-11/h3-9H,2,10H2,1H3/b9-8+. The fourth-order valence-electron chi connectivity index (χ4n) is 1.01. The molecule has 80 valence electrons. The van der Waals surface area contributed by atoms with Gasteiger partial charge in [-0.25, -0.2) is 4.79 Å². The van der Waals surface area contributed by atoms with Crippen molar-refractivity contribution < 1.29 is 14.3 Å². The van der Waals surface area contributed by atoms with E-state index < -0.39 is 0 Å². The van der Waals surface area contributed by atoms with E-state index in [4.69, 9.17) is 4.74 Å². The largest absolute Gasteiger partial charge is 0.496 e. The van der Waals surface area contributed by atoms with Crippen LogP contribution in [0.2, 0.25) is 0 Å². The third kappa shape index (κ3) is 4.86. The second-order valence-corrected chi connectivity index (χ2v) is 2.85. The van der Waals surface area contributed by atoms with Crippen molar-refractivity contribution in [3.8, 4) is 0 Å². The first kappa shape index (κ1) is 11.3. The van der Waals surface area contributed by atoms with E-state index in [1.807, 2.05) is 30.3 Å². The van der Waals surface area contributed by atoms with Gasteiger partial charge in [-0.05, 0) is 12.5 Å². The number of hydrogen-bond acceptors (Lipinski definition) is 3. The summed E-state index contributed by atoms with van der Waals surface area (Å²) in [4.78, 5) is 10.9. The minimum Gasteiger partial charge on any atom is -0.496 e. The molecule has 0 unspecified atom stereocenters. The number of hydrogen-bond donors (Lipinski definition) is 0. The van der Waals surface area contributed by atoms with Crippen LogP contribution in [-0.4, -0.2) is 12.6 Å². The molecule has 0 saturated carbocycles. The maximum atomic E-state index is 10.9. The zero-order valence-electron chi connectivity index (χ0n) is 8.68. The van der Waals surface area contributed by atoms with Gasteiger partial charge in [-0.3, -0.25) is 0 Å². The van der Waals surface area contributed by atoms with E-state index in [2.05, 4.69) is 4.74 Å². The monoisotopic (exact) mass is 206 g/mol. The van der Waals surface area contributed by atoms with Gasteiger partial charge in [0, 0.05) is 0 Å². The molecule has 0 N–H and O–H groups in total. The molecule has 1 rings (SSSR count). The molecule has 1 aromatic carbocycles. The number of benzene rings is 1. The smallest absolute Gasteiger partial charge is 0.333 e. The summed E-state index contributed by atoms with van der Waals surface area (Å²) >= 11 is 0. The van der Waals surface area contributed by atoms with Crippen molar-refractivity contribution in [1.82, 2.24) is 0 Å². The Hall–Kier alpha value is -1.77. The first-order valence-electron chi connectivity index (χ1n) is 4.81. The van der Waals surface area contributed by atoms with Crippen molar-refractivity contribution in [3.63, 3.8) is 0 Å². The van der Waals surface area contributed by atoms with Gasteiger partial charge in [-0.1, -0.05) is 30.3 Å². The highest BCUT2D eigenvalue weighted by Gasteiger charge is 1.93. The van der Waals surface area contributed by atoms with Gasteiger partial charge in [0.25, 0.3) is 0 Å². The summed E-state index contributed by atoms with van der Waals surface area (Å²) in [5.74, 6) is -0.384. The van der Waals surface area contributed by atoms with E-state index >= 15 is 0 Å². The highest BCUT2D eigenvalue weighted by molar-refractivity contribution is 5.81. The quantitative estimate of drug-likeness (QED) is 0.421. The van der Waals surface area contributed by atoms with Gasteiger partial charge < -0.3 is 9.47 Å². The molecule has 0 radical (unpaired) electrons. The Morgan fingerprint density at radius 1 is 1.33 bits per heavy atom. The summed E-state index contributed by atoms with van der Waals surface area (Å²) in [7, 11) is 0. The molecule has 0 spiro atoms. The lowest BCUT2D eigenvalue weighted by atomic mass is 10.2. The molecule has 0 aliphatic rings. The van der Waals surface area contributed by atoms with Gasteiger partial charge in [-0.2, -0.15) is 0 Å². The maximum Gasteiger partial charge on any atom is 0.333 e. The second kappa shape index (κ2) is 6.65. The van der Waals surface area contributed by atoms with Gasteiger partial charge in [0.05, 0.1) is 18.9 Å². The van der Waals surface area contributed by atoms with Crippen LogP contribution in [0.15, 0.2) is 42.7 Å². The third-order valence-corrected chi connectivity index (χ3v) is 1.68. The van der Waals surface area contributed by atoms with Crippen molar-refractivity contribution in [1.29, 1.82) is 0 Å². The molecule has 0 amide bonds. The Bertz CT molecular complexity index is 317. The molecule has 0 heterocycles. The number of esters is 1. The third-order valence-electron chi connectivity index (χ3n) is 1.68. The lowest BCUT2D eigenvalue weighted by Gasteiger charge is -2.00. The van der Waals surface area contributed by atoms with Crippen molar-refractivity contribution >= 4 is 5.97 Å². The zero-order valence-corrected chi connectivity index (χ0v) is 8.68. The summed E-state index contributed by atoms with van der Waals surface area (Å²) < 4.78 is 9.84. The minimum absolute atomic E-state index is 0.377. The SMILES string of the molecule is CCOC(=O)/C=C/OCc1ccccc1. The Labute approximate surface area is 89.3 Å². The molecular formula is C12H14O3. The second-order valence-electron chi connectivity index (χ2n) is 2.85. The molecule has 1 aromatic rings. The first-order valence-corrected chi connectivity index (χ1v) is 4.81. The molecule has 0 aliphatic carbocycles. The average molecular weight is 206 g/mol. The van der Waals surface area contributed by atoms with Crippen molar-refractivity contribution in [2.45, 2.75) is 13.5 Å². The van der Waals surface area contributed by atoms with Gasteiger partial charge in [-0.15, -0.1) is 0 Å². The van der Waals surface area contributed by atoms with Crippen LogP contribution < -0.4 is 0 Å². The molecular weight excluding hydrogens is 192 g/mol. The maximum absolute atomic E-state index is 10.9. The van der Waals surface area contributed by atoms with E-state index in [9.17, 15) is 4.79 Å². The highest BCUT2D eigenvalue weighted by atomic mass is 16.5. The molecule has 15 heavy (non-hydrogen) atoms. The van der Waals surface area contributed by atoms with Crippen molar-refractivity contribution in [3.05, 3.63) is 48.2 Å². The van der Waals surface area contributed by atoms with Crippen molar-refractivity contribution in [2.24, 2.45) is 0 Å². The minimum atomic E-state index is -0.384. The number of rotatable bonds is 5. The molecule has 0 fully saturated rings. The highest BCUT2D eigenvalue weighted by Crippen LogP contribution is 2.00. The summed E-state index contributed by atoms with van der Waals surface area (Å²) in [5.41, 5.74) is 1.06. The molecule has 0 bridgehead atoms. The first-order chi connectivity index (χ1) is 7.33. The van der Waals surface area contributed by atoms with Gasteiger partial charge in [0.15, 0.2) is 0 Å². The molecule has 0 atom stereocenters. The summed E-state index contributed by atoms with van der Waals surface area (Å²) in [6, 6.07) is 9.73. The fraction of sp³-hybridized carbons (Fsp3) is 0.250. The van der Waals surface area contributed by atoms with E-state index in [1.165, 1.54) is 12.3 Å². The molecule has 0 aliphatic heterocycles. The topological polar surface area (TPSA) is 35.5 Å². The Morgan fingerprint density at radius 2 is 2.07 bits per heavy atom. The zero-order chi connectivity index (χ0) is 10.9. The number of carbonyl (C=O) groups is 1. The van der Waals surface area contributed by atoms with Crippen LogP contribution in [0.1, 0.15) is 12.5 Å². The van der Waals surface area contributed by atoms with Crippen LogP contribution in [0.5, 0.6) is 0 Å². The molecule has 3 heteroatoms. The number of carbonyl (C=O) groups excluding carboxylic acids is 1. The normalized spacial score (nSPS) is 10.2. The lowest BCUT2D eigenvalue weighted by molar-refractivity contribution is -0.137.